The van der Waals surface area contributed by atoms with Gasteiger partial charge in [0, 0.05) is 11.3 Å². The number of hydrogen-bond acceptors (Lipinski definition) is 7. The Morgan fingerprint density at radius 1 is 1.00 bits per heavy atom. The summed E-state index contributed by atoms with van der Waals surface area (Å²) in [5.41, 5.74) is 0.855. The monoisotopic (exact) mass is 423 g/mol. The van der Waals surface area contributed by atoms with Gasteiger partial charge in [0.1, 0.15) is 0 Å². The molecule has 0 amide bonds. The van der Waals surface area contributed by atoms with Crippen LogP contribution in [0.3, 0.4) is 0 Å². The first kappa shape index (κ1) is 18.5. The maximum atomic E-state index is 13.2. The molecule has 0 radical (unpaired) electrons. The van der Waals surface area contributed by atoms with Gasteiger partial charge in [-0.3, -0.25) is 4.72 Å². The van der Waals surface area contributed by atoms with Gasteiger partial charge in [0.25, 0.3) is 10.0 Å². The van der Waals surface area contributed by atoms with E-state index in [2.05, 4.69) is 20.2 Å². The number of hydrogen-bond donors (Lipinski definition) is 1. The molecule has 28 heavy (non-hydrogen) atoms. The molecule has 1 aliphatic carbocycles. The smallest absolute Gasteiger partial charge is 0.280 e. The molecule has 0 spiro atoms. The first-order valence-corrected chi connectivity index (χ1v) is 11.1. The van der Waals surface area contributed by atoms with Crippen LogP contribution in [0.15, 0.2) is 58.3 Å². The Morgan fingerprint density at radius 2 is 1.71 bits per heavy atom. The van der Waals surface area contributed by atoms with E-state index in [-0.39, 0.29) is 16.6 Å². The fourth-order valence-electron chi connectivity index (χ4n) is 2.68. The van der Waals surface area contributed by atoms with E-state index in [9.17, 15) is 20.7 Å². The Kier molecular flexibility index (Phi) is 4.38. The van der Waals surface area contributed by atoms with E-state index >= 15 is 0 Å². The van der Waals surface area contributed by atoms with Crippen LogP contribution >= 0.6 is 0 Å². The minimum absolute atomic E-state index is 0.233. The summed E-state index contributed by atoms with van der Waals surface area (Å²) in [4.78, 5) is -1.10. The highest BCUT2D eigenvalue weighted by Gasteiger charge is 2.28. The number of nitrogens with one attached hydrogen (secondary N) is 1. The molecule has 1 aromatic heterocycles. The number of tetrazole rings is 1. The van der Waals surface area contributed by atoms with Gasteiger partial charge in [-0.15, -0.1) is 8.98 Å². The Balaban J connectivity index is 1.65. The van der Waals surface area contributed by atoms with Crippen LogP contribution in [0.5, 0.6) is 0 Å². The number of sulfonamides is 1. The van der Waals surface area contributed by atoms with E-state index in [4.69, 9.17) is 0 Å². The van der Waals surface area contributed by atoms with Gasteiger partial charge in [-0.05, 0) is 53.6 Å². The maximum Gasteiger partial charge on any atom is 0.332 e. The second-order valence-electron chi connectivity index (χ2n) is 6.28. The minimum Gasteiger partial charge on any atom is -0.280 e. The average Bonchev–Trinajstić information content (AvgIpc) is 3.37. The minimum atomic E-state index is -5.02. The zero-order valence-electron chi connectivity index (χ0n) is 14.2. The fraction of sp³-hybridized carbons (Fsp3) is 0.188. The molecular weight excluding hydrogens is 409 g/mol. The lowest BCUT2D eigenvalue weighted by Crippen LogP contribution is -2.13. The van der Waals surface area contributed by atoms with E-state index in [0.717, 1.165) is 31.0 Å². The number of anilines is 1. The van der Waals surface area contributed by atoms with Crippen molar-refractivity contribution >= 4 is 25.9 Å². The van der Waals surface area contributed by atoms with Gasteiger partial charge in [-0.1, -0.05) is 18.2 Å². The summed E-state index contributed by atoms with van der Waals surface area (Å²) in [6, 6.07) is 10.8. The summed E-state index contributed by atoms with van der Waals surface area (Å²) < 4.78 is 64.5. The highest BCUT2D eigenvalue weighted by molar-refractivity contribution is 7.92. The molecule has 0 unspecified atom stereocenters. The van der Waals surface area contributed by atoms with Gasteiger partial charge in [-0.25, -0.2) is 13.1 Å². The zero-order chi connectivity index (χ0) is 19.9. The van der Waals surface area contributed by atoms with Gasteiger partial charge in [0.15, 0.2) is 5.82 Å². The number of rotatable bonds is 6. The van der Waals surface area contributed by atoms with Crippen LogP contribution in [0, 0.1) is 0 Å². The summed E-state index contributed by atoms with van der Waals surface area (Å²) >= 11 is 0. The third kappa shape index (κ3) is 3.73. The van der Waals surface area contributed by atoms with Crippen molar-refractivity contribution in [1.82, 2.24) is 20.2 Å². The van der Waals surface area contributed by atoms with Crippen LogP contribution in [-0.4, -0.2) is 37.0 Å². The van der Waals surface area contributed by atoms with Crippen molar-refractivity contribution in [3.63, 3.8) is 0 Å². The summed E-state index contributed by atoms with van der Waals surface area (Å²) in [6.45, 7) is 0. The van der Waals surface area contributed by atoms with Crippen LogP contribution in [0.1, 0.15) is 18.9 Å². The molecule has 9 nitrogen and oxygen atoms in total. The second kappa shape index (κ2) is 6.63. The molecule has 2 aromatic carbocycles. The standard InChI is InChI=1S/C16H14FN5O4S2/c17-27(23,24)14-5-2-6-15(10-14)28(25,26)19-12-4-1-3-11(9-12)16-18-20-21-22(16)13-7-8-13/h1-6,9-10,13,19H,7-8H2. The van der Waals surface area contributed by atoms with Crippen LogP contribution < -0.4 is 4.72 Å². The normalized spacial score (nSPS) is 14.8. The molecule has 1 N–H and O–H groups in total. The van der Waals surface area contributed by atoms with Crippen molar-refractivity contribution in [1.29, 1.82) is 0 Å². The summed E-state index contributed by atoms with van der Waals surface area (Å²) in [6.07, 6.45) is 1.97. The van der Waals surface area contributed by atoms with Crippen LogP contribution in [0.4, 0.5) is 9.57 Å². The van der Waals surface area contributed by atoms with E-state index in [1.54, 1.807) is 22.9 Å². The van der Waals surface area contributed by atoms with Crippen molar-refractivity contribution in [2.75, 3.05) is 4.72 Å². The summed E-state index contributed by atoms with van der Waals surface area (Å²) in [5.74, 6) is 0.522. The molecule has 1 heterocycles. The van der Waals surface area contributed by atoms with Crippen LogP contribution in [0.25, 0.3) is 11.4 Å². The molecule has 0 saturated heterocycles. The topological polar surface area (TPSA) is 124 Å². The van der Waals surface area contributed by atoms with E-state index < -0.39 is 25.1 Å². The molecule has 3 aromatic rings. The van der Waals surface area contributed by atoms with Gasteiger partial charge < -0.3 is 0 Å². The lowest BCUT2D eigenvalue weighted by molar-refractivity contribution is 0.552. The third-order valence-electron chi connectivity index (χ3n) is 4.16. The molecule has 4 rings (SSSR count). The summed E-state index contributed by atoms with van der Waals surface area (Å²) in [5, 5.41) is 11.6. The number of aromatic nitrogens is 4. The quantitative estimate of drug-likeness (QED) is 0.602. The molecule has 0 atom stereocenters. The molecule has 0 bridgehead atoms. The van der Waals surface area contributed by atoms with Crippen molar-refractivity contribution in [2.24, 2.45) is 0 Å². The molecule has 1 saturated carbocycles. The fourth-order valence-corrected chi connectivity index (χ4v) is 4.36. The van der Waals surface area contributed by atoms with Crippen molar-refractivity contribution in [3.05, 3.63) is 48.5 Å². The number of halogens is 1. The Labute approximate surface area is 160 Å². The van der Waals surface area contributed by atoms with Gasteiger partial charge in [0.05, 0.1) is 15.8 Å². The van der Waals surface area contributed by atoms with Crippen LogP contribution in [0.2, 0.25) is 0 Å². The first-order valence-electron chi connectivity index (χ1n) is 8.20. The first-order chi connectivity index (χ1) is 13.2. The molecule has 1 fully saturated rings. The van der Waals surface area contributed by atoms with Crippen molar-refractivity contribution in [2.45, 2.75) is 28.7 Å². The Morgan fingerprint density at radius 3 is 2.43 bits per heavy atom. The Bertz CT molecular complexity index is 1250. The lowest BCUT2D eigenvalue weighted by Gasteiger charge is -2.10. The number of nitrogens with zero attached hydrogens (tertiary/aromatic N) is 4. The van der Waals surface area contributed by atoms with Gasteiger partial charge >= 0.3 is 10.2 Å². The molecular formula is C16H14FN5O4S2. The lowest BCUT2D eigenvalue weighted by atomic mass is 10.2. The second-order valence-corrected chi connectivity index (χ2v) is 9.31. The van der Waals surface area contributed by atoms with Gasteiger partial charge in [0.2, 0.25) is 0 Å². The maximum absolute atomic E-state index is 13.2. The SMILES string of the molecule is O=S(=O)(F)c1cccc(S(=O)(=O)Nc2cccc(-c3nnnn3C3CC3)c2)c1. The molecule has 146 valence electrons. The van der Waals surface area contributed by atoms with E-state index in [0.29, 0.717) is 11.4 Å². The van der Waals surface area contributed by atoms with Crippen molar-refractivity contribution < 1.29 is 20.7 Å². The predicted octanol–water partition coefficient (Wildman–Crippen LogP) is 2.13. The third-order valence-corrected chi connectivity index (χ3v) is 6.35. The highest BCUT2D eigenvalue weighted by atomic mass is 32.3. The van der Waals surface area contributed by atoms with Crippen molar-refractivity contribution in [3.8, 4) is 11.4 Å². The van der Waals surface area contributed by atoms with Crippen LogP contribution in [-0.2, 0) is 20.2 Å². The largest absolute Gasteiger partial charge is 0.332 e. The van der Waals surface area contributed by atoms with E-state index in [1.165, 1.54) is 12.1 Å². The Hall–Kier alpha value is -2.86. The average molecular weight is 423 g/mol. The molecule has 0 aliphatic heterocycles. The van der Waals surface area contributed by atoms with Gasteiger partial charge in [-0.2, -0.15) is 8.42 Å². The highest BCUT2D eigenvalue weighted by Crippen LogP contribution is 2.37. The number of benzene rings is 2. The zero-order valence-corrected chi connectivity index (χ0v) is 15.9. The van der Waals surface area contributed by atoms with E-state index in [1.807, 2.05) is 0 Å². The molecule has 12 heteroatoms. The predicted molar refractivity (Wildman–Crippen MR) is 97.1 cm³/mol. The molecule has 1 aliphatic rings. The summed E-state index contributed by atoms with van der Waals surface area (Å²) in [7, 11) is -9.15.